The zero-order valence-electron chi connectivity index (χ0n) is 6.26. The molecule has 1 aromatic rings. The van der Waals surface area contributed by atoms with Crippen molar-refractivity contribution in [2.45, 2.75) is 19.8 Å². The zero-order valence-corrected chi connectivity index (χ0v) is 7.08. The Hall–Kier alpha value is -0.560. The van der Waals surface area contributed by atoms with Crippen LogP contribution in [-0.2, 0) is 6.42 Å². The molecule has 0 nitrogen and oxygen atoms in total. The molecule has 0 aliphatic heterocycles. The maximum atomic E-state index is 3.95. The van der Waals surface area contributed by atoms with Crippen LogP contribution in [0, 0.1) is 0 Å². The molecule has 0 N–H and O–H groups in total. The highest BCUT2D eigenvalue weighted by molar-refractivity contribution is 7.09. The van der Waals surface area contributed by atoms with E-state index in [4.69, 9.17) is 0 Å². The van der Waals surface area contributed by atoms with E-state index in [-0.39, 0.29) is 0 Å². The number of rotatable bonds is 3. The van der Waals surface area contributed by atoms with Crippen molar-refractivity contribution in [2.24, 2.45) is 0 Å². The van der Waals surface area contributed by atoms with Crippen LogP contribution >= 0.6 is 11.3 Å². The molecule has 0 spiro atoms. The lowest BCUT2D eigenvalue weighted by Crippen LogP contribution is -1.82. The van der Waals surface area contributed by atoms with Crippen LogP contribution in [0.15, 0.2) is 29.7 Å². The molecule has 0 aliphatic rings. The van der Waals surface area contributed by atoms with Crippen molar-refractivity contribution in [3.05, 3.63) is 34.5 Å². The zero-order chi connectivity index (χ0) is 7.40. The van der Waals surface area contributed by atoms with Crippen LogP contribution in [0.4, 0.5) is 0 Å². The van der Waals surface area contributed by atoms with Gasteiger partial charge in [-0.1, -0.05) is 25.1 Å². The molecule has 0 saturated carbocycles. The highest BCUT2D eigenvalue weighted by Crippen LogP contribution is 2.14. The molecule has 0 aliphatic carbocycles. The van der Waals surface area contributed by atoms with Gasteiger partial charge in [0.1, 0.15) is 0 Å². The van der Waals surface area contributed by atoms with Crippen LogP contribution in [0.3, 0.4) is 0 Å². The molecule has 0 fully saturated rings. The summed E-state index contributed by atoms with van der Waals surface area (Å²) < 4.78 is 0. The van der Waals surface area contributed by atoms with Gasteiger partial charge in [0.25, 0.3) is 0 Å². The van der Waals surface area contributed by atoms with Gasteiger partial charge in [0.05, 0.1) is 0 Å². The normalized spacial score (nSPS) is 9.70. The average molecular weight is 152 g/mol. The van der Waals surface area contributed by atoms with Gasteiger partial charge < -0.3 is 0 Å². The van der Waals surface area contributed by atoms with Gasteiger partial charge in [-0.2, -0.15) is 0 Å². The Morgan fingerprint density at radius 2 is 2.50 bits per heavy atom. The highest BCUT2D eigenvalue weighted by Gasteiger charge is 1.94. The molecule has 0 unspecified atom stereocenters. The Labute approximate surface area is 66.2 Å². The lowest BCUT2D eigenvalue weighted by atomic mass is 10.1. The van der Waals surface area contributed by atoms with E-state index in [9.17, 15) is 0 Å². The molecule has 54 valence electrons. The van der Waals surface area contributed by atoms with E-state index in [0.29, 0.717) is 0 Å². The van der Waals surface area contributed by atoms with Gasteiger partial charge in [-0.25, -0.2) is 0 Å². The van der Waals surface area contributed by atoms with Crippen molar-refractivity contribution < 1.29 is 0 Å². The Morgan fingerprint density at radius 1 is 1.70 bits per heavy atom. The van der Waals surface area contributed by atoms with Crippen LogP contribution in [0.2, 0.25) is 0 Å². The second kappa shape index (κ2) is 3.57. The SMILES string of the molecule is C=C(CC)Cc1cccs1. The Kier molecular flexibility index (Phi) is 2.69. The molecular formula is C9H12S. The fraction of sp³-hybridized carbons (Fsp3) is 0.333. The molecule has 1 rings (SSSR count). The minimum Gasteiger partial charge on any atom is -0.149 e. The molecule has 0 radical (unpaired) electrons. The van der Waals surface area contributed by atoms with Crippen molar-refractivity contribution >= 4 is 11.3 Å². The second-order valence-corrected chi connectivity index (χ2v) is 3.39. The van der Waals surface area contributed by atoms with Crippen molar-refractivity contribution in [2.75, 3.05) is 0 Å². The first kappa shape index (κ1) is 7.55. The van der Waals surface area contributed by atoms with E-state index >= 15 is 0 Å². The summed E-state index contributed by atoms with van der Waals surface area (Å²) >= 11 is 1.81. The average Bonchev–Trinajstić information content (AvgIpc) is 2.40. The van der Waals surface area contributed by atoms with Crippen molar-refractivity contribution in [3.63, 3.8) is 0 Å². The van der Waals surface area contributed by atoms with E-state index in [2.05, 4.69) is 31.0 Å². The van der Waals surface area contributed by atoms with Crippen molar-refractivity contribution in [1.82, 2.24) is 0 Å². The van der Waals surface area contributed by atoms with Crippen LogP contribution < -0.4 is 0 Å². The smallest absolute Gasteiger partial charge is 0.00855 e. The largest absolute Gasteiger partial charge is 0.149 e. The molecular weight excluding hydrogens is 140 g/mol. The van der Waals surface area contributed by atoms with Crippen LogP contribution in [-0.4, -0.2) is 0 Å². The first-order valence-corrected chi connectivity index (χ1v) is 4.40. The van der Waals surface area contributed by atoms with E-state index < -0.39 is 0 Å². The van der Waals surface area contributed by atoms with Crippen LogP contribution in [0.25, 0.3) is 0 Å². The summed E-state index contributed by atoms with van der Waals surface area (Å²) in [5.41, 5.74) is 1.32. The fourth-order valence-electron chi connectivity index (χ4n) is 0.785. The summed E-state index contributed by atoms with van der Waals surface area (Å²) in [6, 6.07) is 4.24. The molecule has 0 amide bonds. The summed E-state index contributed by atoms with van der Waals surface area (Å²) in [5.74, 6) is 0. The maximum absolute atomic E-state index is 3.95. The van der Waals surface area contributed by atoms with Crippen LogP contribution in [0.1, 0.15) is 18.2 Å². The van der Waals surface area contributed by atoms with Gasteiger partial charge in [0, 0.05) is 11.3 Å². The lowest BCUT2D eigenvalue weighted by molar-refractivity contribution is 1.03. The van der Waals surface area contributed by atoms with Gasteiger partial charge >= 0.3 is 0 Å². The number of allylic oxidation sites excluding steroid dienone is 1. The van der Waals surface area contributed by atoms with E-state index in [0.717, 1.165) is 12.8 Å². The Balaban J connectivity index is 2.48. The van der Waals surface area contributed by atoms with Gasteiger partial charge in [0.15, 0.2) is 0 Å². The third-order valence-electron chi connectivity index (χ3n) is 1.50. The first-order chi connectivity index (χ1) is 4.83. The monoisotopic (exact) mass is 152 g/mol. The van der Waals surface area contributed by atoms with Gasteiger partial charge in [0.2, 0.25) is 0 Å². The van der Waals surface area contributed by atoms with Crippen molar-refractivity contribution in [3.8, 4) is 0 Å². The molecule has 1 heterocycles. The third-order valence-corrected chi connectivity index (χ3v) is 2.38. The number of hydrogen-bond donors (Lipinski definition) is 0. The summed E-state index contributed by atoms with van der Waals surface area (Å²) in [6.45, 7) is 6.10. The Bertz CT molecular complexity index is 197. The molecule has 0 bridgehead atoms. The Morgan fingerprint density at radius 3 is 3.00 bits per heavy atom. The van der Waals surface area contributed by atoms with Crippen LogP contribution in [0.5, 0.6) is 0 Å². The summed E-state index contributed by atoms with van der Waals surface area (Å²) in [6.07, 6.45) is 2.16. The summed E-state index contributed by atoms with van der Waals surface area (Å²) in [5, 5.41) is 2.11. The minimum absolute atomic E-state index is 1.06. The van der Waals surface area contributed by atoms with E-state index in [1.165, 1.54) is 10.5 Å². The topological polar surface area (TPSA) is 0 Å². The standard InChI is InChI=1S/C9H12S/c1-3-8(2)7-9-5-4-6-10-9/h4-6H,2-3,7H2,1H3. The van der Waals surface area contributed by atoms with Crippen molar-refractivity contribution in [1.29, 1.82) is 0 Å². The van der Waals surface area contributed by atoms with Gasteiger partial charge in [-0.05, 0) is 17.9 Å². The fourth-order valence-corrected chi connectivity index (χ4v) is 1.56. The second-order valence-electron chi connectivity index (χ2n) is 2.36. The number of hydrogen-bond acceptors (Lipinski definition) is 1. The maximum Gasteiger partial charge on any atom is 0.00855 e. The molecule has 0 saturated heterocycles. The summed E-state index contributed by atoms with van der Waals surface area (Å²) in [7, 11) is 0. The number of thiophene rings is 1. The molecule has 0 atom stereocenters. The molecule has 1 aromatic heterocycles. The molecule has 10 heavy (non-hydrogen) atoms. The van der Waals surface area contributed by atoms with Gasteiger partial charge in [-0.3, -0.25) is 0 Å². The first-order valence-electron chi connectivity index (χ1n) is 3.52. The quantitative estimate of drug-likeness (QED) is 0.583. The molecule has 0 aromatic carbocycles. The van der Waals surface area contributed by atoms with Gasteiger partial charge in [-0.15, -0.1) is 11.3 Å². The highest BCUT2D eigenvalue weighted by atomic mass is 32.1. The summed E-state index contributed by atoms with van der Waals surface area (Å²) in [4.78, 5) is 1.42. The third kappa shape index (κ3) is 1.99. The predicted molar refractivity (Wildman–Crippen MR) is 47.5 cm³/mol. The van der Waals surface area contributed by atoms with E-state index in [1.54, 1.807) is 11.3 Å². The minimum atomic E-state index is 1.06. The predicted octanol–water partition coefficient (Wildman–Crippen LogP) is 3.26. The lowest BCUT2D eigenvalue weighted by Gasteiger charge is -1.96. The molecule has 1 heteroatoms. The van der Waals surface area contributed by atoms with E-state index in [1.807, 2.05) is 0 Å².